The lowest BCUT2D eigenvalue weighted by atomic mass is 10.1. The molecule has 0 spiro atoms. The second kappa shape index (κ2) is 8.02. The molecular formula is C16H18BrNO2. The number of aromatic nitrogens is 1. The molecule has 0 amide bonds. The van der Waals surface area contributed by atoms with Crippen LogP contribution < -0.4 is 4.74 Å². The Morgan fingerprint density at radius 3 is 2.60 bits per heavy atom. The molecule has 0 unspecified atom stereocenters. The summed E-state index contributed by atoms with van der Waals surface area (Å²) in [6.45, 7) is 1.38. The van der Waals surface area contributed by atoms with Crippen LogP contribution in [0.5, 0.6) is 5.75 Å². The van der Waals surface area contributed by atoms with Gasteiger partial charge in [-0.25, -0.2) is 0 Å². The van der Waals surface area contributed by atoms with E-state index >= 15 is 0 Å². The predicted molar refractivity (Wildman–Crippen MR) is 82.9 cm³/mol. The number of aryl methyl sites for hydroxylation is 1. The van der Waals surface area contributed by atoms with E-state index < -0.39 is 0 Å². The van der Waals surface area contributed by atoms with Gasteiger partial charge in [0.2, 0.25) is 0 Å². The molecule has 0 aliphatic carbocycles. The van der Waals surface area contributed by atoms with Crippen molar-refractivity contribution >= 4 is 15.9 Å². The minimum atomic E-state index is 0.624. The zero-order valence-corrected chi connectivity index (χ0v) is 13.1. The number of nitrogens with zero attached hydrogens (tertiary/aromatic N) is 1. The lowest BCUT2D eigenvalue weighted by molar-refractivity contribution is 0.118. The van der Waals surface area contributed by atoms with Crippen molar-refractivity contribution in [2.24, 2.45) is 0 Å². The molecule has 3 nitrogen and oxygen atoms in total. The predicted octanol–water partition coefficient (Wildman–Crippen LogP) is 4.00. The van der Waals surface area contributed by atoms with E-state index in [1.807, 2.05) is 42.7 Å². The van der Waals surface area contributed by atoms with Crippen molar-refractivity contribution in [3.8, 4) is 5.75 Å². The maximum absolute atomic E-state index is 5.69. The third kappa shape index (κ3) is 4.62. The third-order valence-corrected chi connectivity index (χ3v) is 3.61. The average molecular weight is 336 g/mol. The average Bonchev–Trinajstić information content (AvgIpc) is 2.48. The van der Waals surface area contributed by atoms with Gasteiger partial charge in [0.05, 0.1) is 18.2 Å². The maximum atomic E-state index is 5.69. The Labute approximate surface area is 128 Å². The fourth-order valence-corrected chi connectivity index (χ4v) is 2.51. The molecule has 20 heavy (non-hydrogen) atoms. The van der Waals surface area contributed by atoms with Gasteiger partial charge < -0.3 is 9.47 Å². The number of pyridine rings is 1. The highest BCUT2D eigenvalue weighted by Crippen LogP contribution is 2.25. The molecule has 0 aliphatic rings. The third-order valence-electron chi connectivity index (χ3n) is 2.99. The van der Waals surface area contributed by atoms with Gasteiger partial charge in [-0.1, -0.05) is 6.07 Å². The van der Waals surface area contributed by atoms with Crippen LogP contribution in [0.4, 0.5) is 0 Å². The zero-order valence-electron chi connectivity index (χ0n) is 11.5. The Hall–Kier alpha value is -1.39. The van der Waals surface area contributed by atoms with Gasteiger partial charge in [-0.2, -0.15) is 0 Å². The minimum Gasteiger partial charge on any atom is -0.496 e. The molecule has 106 valence electrons. The van der Waals surface area contributed by atoms with Gasteiger partial charge in [-0.3, -0.25) is 4.98 Å². The van der Waals surface area contributed by atoms with Crippen molar-refractivity contribution < 1.29 is 9.47 Å². The molecule has 0 N–H and O–H groups in total. The van der Waals surface area contributed by atoms with Crippen LogP contribution in [0.2, 0.25) is 0 Å². The van der Waals surface area contributed by atoms with Gasteiger partial charge in [-0.05, 0) is 64.2 Å². The molecule has 1 aromatic heterocycles. The van der Waals surface area contributed by atoms with Crippen LogP contribution in [0.3, 0.4) is 0 Å². The normalized spacial score (nSPS) is 10.5. The summed E-state index contributed by atoms with van der Waals surface area (Å²) in [6.07, 6.45) is 5.69. The summed E-state index contributed by atoms with van der Waals surface area (Å²) >= 11 is 3.47. The molecule has 0 saturated carbocycles. The van der Waals surface area contributed by atoms with Gasteiger partial charge in [0.25, 0.3) is 0 Å². The number of halogens is 1. The van der Waals surface area contributed by atoms with E-state index in [-0.39, 0.29) is 0 Å². The van der Waals surface area contributed by atoms with Crippen LogP contribution in [-0.4, -0.2) is 18.7 Å². The largest absolute Gasteiger partial charge is 0.496 e. The van der Waals surface area contributed by atoms with Crippen LogP contribution in [0.25, 0.3) is 0 Å². The van der Waals surface area contributed by atoms with Crippen LogP contribution in [0.1, 0.15) is 17.5 Å². The molecule has 0 aliphatic heterocycles. The summed E-state index contributed by atoms with van der Waals surface area (Å²) in [5.74, 6) is 0.839. The minimum absolute atomic E-state index is 0.624. The highest BCUT2D eigenvalue weighted by Gasteiger charge is 2.01. The van der Waals surface area contributed by atoms with E-state index in [0.29, 0.717) is 6.61 Å². The maximum Gasteiger partial charge on any atom is 0.133 e. The van der Waals surface area contributed by atoms with Crippen molar-refractivity contribution in [1.82, 2.24) is 4.98 Å². The quantitative estimate of drug-likeness (QED) is 0.716. The molecule has 0 saturated heterocycles. The molecule has 0 atom stereocenters. The Balaban J connectivity index is 1.69. The second-order valence-electron chi connectivity index (χ2n) is 4.48. The van der Waals surface area contributed by atoms with Crippen molar-refractivity contribution in [1.29, 1.82) is 0 Å². The molecule has 1 aromatic carbocycles. The smallest absolute Gasteiger partial charge is 0.133 e. The number of hydrogen-bond acceptors (Lipinski definition) is 3. The lowest BCUT2D eigenvalue weighted by Crippen LogP contribution is -1.98. The van der Waals surface area contributed by atoms with E-state index in [4.69, 9.17) is 9.47 Å². The van der Waals surface area contributed by atoms with Crippen molar-refractivity contribution in [3.05, 3.63) is 58.3 Å². The highest BCUT2D eigenvalue weighted by molar-refractivity contribution is 9.10. The standard InChI is InChI=1S/C16H18BrNO2/c1-19-16-5-4-14(11-15(16)17)12-20-10-2-3-13-6-8-18-9-7-13/h4-9,11H,2-3,10,12H2,1H3. The molecule has 1 heterocycles. The van der Waals surface area contributed by atoms with E-state index in [9.17, 15) is 0 Å². The van der Waals surface area contributed by atoms with Crippen LogP contribution in [-0.2, 0) is 17.8 Å². The summed E-state index contributed by atoms with van der Waals surface area (Å²) in [5, 5.41) is 0. The number of rotatable bonds is 7. The molecule has 2 aromatic rings. The molecule has 2 rings (SSSR count). The van der Waals surface area contributed by atoms with Crippen LogP contribution in [0.15, 0.2) is 47.2 Å². The molecule has 0 radical (unpaired) electrons. The first-order valence-corrected chi connectivity index (χ1v) is 7.38. The van der Waals surface area contributed by atoms with Gasteiger partial charge in [0.15, 0.2) is 0 Å². The Kier molecular flexibility index (Phi) is 6.02. The van der Waals surface area contributed by atoms with Gasteiger partial charge in [0, 0.05) is 19.0 Å². The van der Waals surface area contributed by atoms with E-state index in [0.717, 1.165) is 35.2 Å². The monoisotopic (exact) mass is 335 g/mol. The summed E-state index contributed by atoms with van der Waals surface area (Å²) in [5.41, 5.74) is 2.44. The number of benzene rings is 1. The topological polar surface area (TPSA) is 31.4 Å². The molecular weight excluding hydrogens is 318 g/mol. The summed E-state index contributed by atoms with van der Waals surface area (Å²) in [6, 6.07) is 10.1. The van der Waals surface area contributed by atoms with Crippen LogP contribution in [0, 0.1) is 0 Å². The Bertz CT molecular complexity index is 531. The van der Waals surface area contributed by atoms with Crippen LogP contribution >= 0.6 is 15.9 Å². The van der Waals surface area contributed by atoms with Gasteiger partial charge >= 0.3 is 0 Å². The fraction of sp³-hybridized carbons (Fsp3) is 0.312. The van der Waals surface area contributed by atoms with E-state index in [1.54, 1.807) is 7.11 Å². The first-order chi connectivity index (χ1) is 9.79. The van der Waals surface area contributed by atoms with Crippen molar-refractivity contribution in [2.75, 3.05) is 13.7 Å². The zero-order chi connectivity index (χ0) is 14.2. The van der Waals surface area contributed by atoms with E-state index in [2.05, 4.69) is 20.9 Å². The fourth-order valence-electron chi connectivity index (χ4n) is 1.92. The van der Waals surface area contributed by atoms with Gasteiger partial charge in [0.1, 0.15) is 5.75 Å². The van der Waals surface area contributed by atoms with Gasteiger partial charge in [-0.15, -0.1) is 0 Å². The second-order valence-corrected chi connectivity index (χ2v) is 5.33. The summed E-state index contributed by atoms with van der Waals surface area (Å²) in [4.78, 5) is 4.01. The summed E-state index contributed by atoms with van der Waals surface area (Å²) < 4.78 is 11.8. The van der Waals surface area contributed by atoms with Crippen molar-refractivity contribution in [2.45, 2.75) is 19.4 Å². The number of ether oxygens (including phenoxy) is 2. The molecule has 0 bridgehead atoms. The number of methoxy groups -OCH3 is 1. The Morgan fingerprint density at radius 1 is 1.10 bits per heavy atom. The number of hydrogen-bond donors (Lipinski definition) is 0. The lowest BCUT2D eigenvalue weighted by Gasteiger charge is -2.07. The van der Waals surface area contributed by atoms with E-state index in [1.165, 1.54) is 5.56 Å². The Morgan fingerprint density at radius 2 is 1.90 bits per heavy atom. The van der Waals surface area contributed by atoms with Crippen molar-refractivity contribution in [3.63, 3.8) is 0 Å². The molecule has 0 fully saturated rings. The first-order valence-electron chi connectivity index (χ1n) is 6.58. The highest BCUT2D eigenvalue weighted by atomic mass is 79.9. The first kappa shape index (κ1) is 15.0. The summed E-state index contributed by atoms with van der Waals surface area (Å²) in [7, 11) is 1.66. The SMILES string of the molecule is COc1ccc(COCCCc2ccncc2)cc1Br. The molecule has 4 heteroatoms.